The Morgan fingerprint density at radius 3 is 2.68 bits per heavy atom. The predicted octanol–water partition coefficient (Wildman–Crippen LogP) is 4.77. The van der Waals surface area contributed by atoms with Gasteiger partial charge >= 0.3 is 0 Å². The number of amides is 1. The van der Waals surface area contributed by atoms with E-state index in [2.05, 4.69) is 5.32 Å². The molecule has 1 atom stereocenters. The minimum absolute atomic E-state index is 0.00149. The van der Waals surface area contributed by atoms with E-state index in [1.165, 1.54) is 11.6 Å². The Morgan fingerprint density at radius 2 is 2.00 bits per heavy atom. The van der Waals surface area contributed by atoms with Crippen LogP contribution in [-0.4, -0.2) is 24.9 Å². The summed E-state index contributed by atoms with van der Waals surface area (Å²) in [6.45, 7) is 0. The molecular formula is C20H20ClFN2O. The third-order valence-electron chi connectivity index (χ3n) is 5.36. The average Bonchev–Trinajstić information content (AvgIpc) is 3.36. The van der Waals surface area contributed by atoms with Crippen molar-refractivity contribution in [2.45, 2.75) is 30.7 Å². The molecule has 0 bridgehead atoms. The van der Waals surface area contributed by atoms with Crippen molar-refractivity contribution in [1.29, 1.82) is 0 Å². The number of nitrogens with zero attached hydrogens (tertiary/aromatic N) is 1. The van der Waals surface area contributed by atoms with Crippen molar-refractivity contribution in [2.24, 2.45) is 0 Å². The lowest BCUT2D eigenvalue weighted by Crippen LogP contribution is -2.28. The van der Waals surface area contributed by atoms with Gasteiger partial charge in [-0.2, -0.15) is 0 Å². The van der Waals surface area contributed by atoms with Crippen LogP contribution in [0.15, 0.2) is 36.4 Å². The summed E-state index contributed by atoms with van der Waals surface area (Å²) in [6.07, 6.45) is 2.96. The highest BCUT2D eigenvalue weighted by Gasteiger charge is 2.50. The Kier molecular flexibility index (Phi) is 3.76. The number of nitrogens with one attached hydrogen (secondary N) is 1. The van der Waals surface area contributed by atoms with Crippen LogP contribution < -0.4 is 5.32 Å². The van der Waals surface area contributed by atoms with Gasteiger partial charge in [0.1, 0.15) is 5.82 Å². The Hall–Kier alpha value is -2.07. The highest BCUT2D eigenvalue weighted by atomic mass is 35.5. The van der Waals surface area contributed by atoms with Crippen molar-refractivity contribution in [3.63, 3.8) is 0 Å². The summed E-state index contributed by atoms with van der Waals surface area (Å²) >= 11 is 6.07. The number of hydrogen-bond acceptors (Lipinski definition) is 2. The molecular weight excluding hydrogens is 339 g/mol. The van der Waals surface area contributed by atoms with Gasteiger partial charge < -0.3 is 10.2 Å². The molecule has 0 radical (unpaired) electrons. The number of carbonyl (C=O) groups is 1. The molecule has 1 spiro atoms. The minimum Gasteiger partial charge on any atom is -0.378 e. The topological polar surface area (TPSA) is 32.3 Å². The van der Waals surface area contributed by atoms with Gasteiger partial charge in [0.15, 0.2) is 0 Å². The maximum Gasteiger partial charge on any atom is 0.253 e. The summed E-state index contributed by atoms with van der Waals surface area (Å²) in [7, 11) is 3.51. The van der Waals surface area contributed by atoms with Crippen LogP contribution in [0.1, 0.15) is 46.8 Å². The van der Waals surface area contributed by atoms with Crippen molar-refractivity contribution >= 4 is 23.2 Å². The van der Waals surface area contributed by atoms with E-state index in [4.69, 9.17) is 11.6 Å². The lowest BCUT2D eigenvalue weighted by atomic mass is 9.81. The standard InChI is InChI=1S/C20H20ClFN2O/c1-24(2)19(25)12-3-6-17-15(9-12)20(7-8-20)11-18(23-17)14-10-13(21)4-5-16(14)22/h3-6,9-10,18,23H,7-8,11H2,1-2H3. The highest BCUT2D eigenvalue weighted by molar-refractivity contribution is 6.30. The second-order valence-electron chi connectivity index (χ2n) is 7.31. The first-order valence-corrected chi connectivity index (χ1v) is 8.85. The van der Waals surface area contributed by atoms with E-state index in [1.807, 2.05) is 18.2 Å². The molecule has 1 saturated carbocycles. The molecule has 2 aromatic carbocycles. The van der Waals surface area contributed by atoms with E-state index < -0.39 is 0 Å². The smallest absolute Gasteiger partial charge is 0.253 e. The number of rotatable bonds is 2. The predicted molar refractivity (Wildman–Crippen MR) is 97.8 cm³/mol. The van der Waals surface area contributed by atoms with Crippen molar-refractivity contribution in [2.75, 3.05) is 19.4 Å². The first kappa shape index (κ1) is 16.4. The SMILES string of the molecule is CN(C)C(=O)c1ccc2c(c1)C1(CC1)CC(c1cc(Cl)ccc1F)N2. The van der Waals surface area contributed by atoms with Gasteiger partial charge in [-0.15, -0.1) is 0 Å². The number of halogens is 2. The van der Waals surface area contributed by atoms with E-state index in [-0.39, 0.29) is 23.2 Å². The monoisotopic (exact) mass is 358 g/mol. The van der Waals surface area contributed by atoms with Crippen LogP contribution in [0.4, 0.5) is 10.1 Å². The number of fused-ring (bicyclic) bond motifs is 2. The van der Waals surface area contributed by atoms with Crippen LogP contribution >= 0.6 is 11.6 Å². The molecule has 0 saturated heterocycles. The minimum atomic E-state index is -0.236. The van der Waals surface area contributed by atoms with Crippen molar-refractivity contribution < 1.29 is 9.18 Å². The van der Waals surface area contributed by atoms with Crippen LogP contribution in [0.5, 0.6) is 0 Å². The number of anilines is 1. The van der Waals surface area contributed by atoms with Crippen LogP contribution in [0.2, 0.25) is 5.02 Å². The molecule has 4 rings (SSSR count). The average molecular weight is 359 g/mol. The first-order valence-electron chi connectivity index (χ1n) is 8.47. The van der Waals surface area contributed by atoms with Gasteiger partial charge in [0.2, 0.25) is 0 Å². The Morgan fingerprint density at radius 1 is 1.24 bits per heavy atom. The molecule has 1 unspecified atom stereocenters. The molecule has 1 aliphatic carbocycles. The zero-order valence-corrected chi connectivity index (χ0v) is 15.0. The summed E-state index contributed by atoms with van der Waals surface area (Å²) in [5, 5.41) is 3.99. The first-order chi connectivity index (χ1) is 11.9. The molecule has 25 heavy (non-hydrogen) atoms. The number of carbonyl (C=O) groups excluding carboxylic acids is 1. The normalized spacial score (nSPS) is 19.9. The molecule has 1 fully saturated rings. The molecule has 5 heteroatoms. The van der Waals surface area contributed by atoms with Crippen LogP contribution in [0, 0.1) is 5.82 Å². The van der Waals surface area contributed by atoms with E-state index in [1.54, 1.807) is 31.1 Å². The van der Waals surface area contributed by atoms with Gasteiger partial charge in [-0.25, -0.2) is 4.39 Å². The maximum atomic E-state index is 14.3. The maximum absolute atomic E-state index is 14.3. The van der Waals surface area contributed by atoms with Gasteiger partial charge in [-0.1, -0.05) is 11.6 Å². The summed E-state index contributed by atoms with van der Waals surface area (Å²) in [4.78, 5) is 13.9. The molecule has 0 aromatic heterocycles. The van der Waals surface area contributed by atoms with E-state index in [9.17, 15) is 9.18 Å². The summed E-state index contributed by atoms with van der Waals surface area (Å²) < 4.78 is 14.3. The molecule has 1 N–H and O–H groups in total. The molecule has 2 aliphatic rings. The fourth-order valence-corrected chi connectivity index (χ4v) is 4.01. The van der Waals surface area contributed by atoms with Gasteiger partial charge in [0.05, 0.1) is 6.04 Å². The zero-order chi connectivity index (χ0) is 17.8. The van der Waals surface area contributed by atoms with E-state index in [0.29, 0.717) is 16.1 Å². The summed E-state index contributed by atoms with van der Waals surface area (Å²) in [6, 6.07) is 10.4. The fourth-order valence-electron chi connectivity index (χ4n) is 3.83. The van der Waals surface area contributed by atoms with E-state index >= 15 is 0 Å². The largest absolute Gasteiger partial charge is 0.378 e. The van der Waals surface area contributed by atoms with Gasteiger partial charge in [0.25, 0.3) is 5.91 Å². The molecule has 1 heterocycles. The fraction of sp³-hybridized carbons (Fsp3) is 0.350. The van der Waals surface area contributed by atoms with Crippen LogP contribution in [0.25, 0.3) is 0 Å². The number of benzene rings is 2. The lowest BCUT2D eigenvalue weighted by Gasteiger charge is -2.34. The third-order valence-corrected chi connectivity index (χ3v) is 5.59. The highest BCUT2D eigenvalue weighted by Crippen LogP contribution is 2.59. The summed E-state index contributed by atoms with van der Waals surface area (Å²) in [5.41, 5.74) is 3.52. The molecule has 1 aliphatic heterocycles. The Labute approximate surface area is 151 Å². The van der Waals surface area contributed by atoms with Crippen molar-refractivity contribution in [1.82, 2.24) is 4.90 Å². The summed E-state index contributed by atoms with van der Waals surface area (Å²) in [5.74, 6) is -0.234. The Balaban J connectivity index is 1.73. The zero-order valence-electron chi connectivity index (χ0n) is 14.3. The lowest BCUT2D eigenvalue weighted by molar-refractivity contribution is 0.0827. The third kappa shape index (κ3) is 2.78. The second kappa shape index (κ2) is 5.73. The second-order valence-corrected chi connectivity index (χ2v) is 7.74. The molecule has 2 aromatic rings. The van der Waals surface area contributed by atoms with Gasteiger partial charge in [0, 0.05) is 35.9 Å². The Bertz CT molecular complexity index is 861. The van der Waals surface area contributed by atoms with Crippen LogP contribution in [0.3, 0.4) is 0 Å². The molecule has 130 valence electrons. The van der Waals surface area contributed by atoms with Gasteiger partial charge in [-0.3, -0.25) is 4.79 Å². The molecule has 1 amide bonds. The van der Waals surface area contributed by atoms with Crippen molar-refractivity contribution in [3.8, 4) is 0 Å². The quantitative estimate of drug-likeness (QED) is 0.838. The van der Waals surface area contributed by atoms with E-state index in [0.717, 1.165) is 24.9 Å². The van der Waals surface area contributed by atoms with Crippen molar-refractivity contribution in [3.05, 3.63) is 63.9 Å². The number of hydrogen-bond donors (Lipinski definition) is 1. The van der Waals surface area contributed by atoms with Gasteiger partial charge in [-0.05, 0) is 66.6 Å². The molecule has 3 nitrogen and oxygen atoms in total. The van der Waals surface area contributed by atoms with Crippen LogP contribution in [-0.2, 0) is 5.41 Å².